The standard InChI is InChI=1S/C18H30N2O/c1-3-21-18-10-8-17(9-11-18)16(2)19-12-15-20-13-6-4-5-7-14-20/h8-11,16,19H,3-7,12-15H2,1-2H3. The molecule has 118 valence electrons. The monoisotopic (exact) mass is 290 g/mol. The first-order valence-corrected chi connectivity index (χ1v) is 8.48. The molecule has 0 spiro atoms. The maximum Gasteiger partial charge on any atom is 0.119 e. The maximum atomic E-state index is 5.49. The zero-order chi connectivity index (χ0) is 14.9. The Hall–Kier alpha value is -1.06. The highest BCUT2D eigenvalue weighted by Crippen LogP contribution is 2.17. The zero-order valence-electron chi connectivity index (χ0n) is 13.6. The first-order chi connectivity index (χ1) is 10.3. The van der Waals surface area contributed by atoms with E-state index in [9.17, 15) is 0 Å². The highest BCUT2D eigenvalue weighted by Gasteiger charge is 2.09. The smallest absolute Gasteiger partial charge is 0.119 e. The fourth-order valence-electron chi connectivity index (χ4n) is 2.94. The van der Waals surface area contributed by atoms with Crippen molar-refractivity contribution >= 4 is 0 Å². The molecule has 1 aliphatic rings. The van der Waals surface area contributed by atoms with E-state index >= 15 is 0 Å². The Kier molecular flexibility index (Phi) is 7.04. The predicted octanol–water partition coefficient (Wildman–Crippen LogP) is 3.61. The molecule has 0 aromatic heterocycles. The van der Waals surface area contributed by atoms with Crippen molar-refractivity contribution in [1.82, 2.24) is 10.2 Å². The highest BCUT2D eigenvalue weighted by atomic mass is 16.5. The van der Waals surface area contributed by atoms with Crippen LogP contribution in [0.15, 0.2) is 24.3 Å². The molecular formula is C18H30N2O. The number of rotatable bonds is 7. The molecule has 2 rings (SSSR count). The molecule has 1 saturated heterocycles. The Labute approximate surface area is 129 Å². The summed E-state index contributed by atoms with van der Waals surface area (Å²) in [6, 6.07) is 8.84. The minimum atomic E-state index is 0.396. The summed E-state index contributed by atoms with van der Waals surface area (Å²) in [7, 11) is 0. The second kappa shape index (κ2) is 9.06. The molecule has 1 N–H and O–H groups in total. The second-order valence-corrected chi connectivity index (χ2v) is 5.93. The molecule has 0 radical (unpaired) electrons. The van der Waals surface area contributed by atoms with Gasteiger partial charge < -0.3 is 15.0 Å². The predicted molar refractivity (Wildman–Crippen MR) is 88.9 cm³/mol. The highest BCUT2D eigenvalue weighted by molar-refractivity contribution is 5.28. The molecule has 0 amide bonds. The summed E-state index contributed by atoms with van der Waals surface area (Å²) in [6.45, 7) is 9.76. The Balaban J connectivity index is 1.71. The van der Waals surface area contributed by atoms with Gasteiger partial charge in [0.1, 0.15) is 5.75 Å². The second-order valence-electron chi connectivity index (χ2n) is 5.93. The van der Waals surface area contributed by atoms with Gasteiger partial charge in [-0.05, 0) is 57.5 Å². The van der Waals surface area contributed by atoms with Crippen LogP contribution in [-0.4, -0.2) is 37.7 Å². The van der Waals surface area contributed by atoms with Crippen LogP contribution in [0.1, 0.15) is 51.1 Å². The number of hydrogen-bond acceptors (Lipinski definition) is 3. The number of nitrogens with zero attached hydrogens (tertiary/aromatic N) is 1. The van der Waals surface area contributed by atoms with Gasteiger partial charge in [-0.15, -0.1) is 0 Å². The summed E-state index contributed by atoms with van der Waals surface area (Å²) < 4.78 is 5.49. The summed E-state index contributed by atoms with van der Waals surface area (Å²) >= 11 is 0. The number of hydrogen-bond donors (Lipinski definition) is 1. The summed E-state index contributed by atoms with van der Waals surface area (Å²) in [5, 5.41) is 3.64. The van der Waals surface area contributed by atoms with Crippen molar-refractivity contribution in [3.63, 3.8) is 0 Å². The van der Waals surface area contributed by atoms with E-state index in [0.717, 1.165) is 18.9 Å². The van der Waals surface area contributed by atoms with Crippen molar-refractivity contribution in [3.05, 3.63) is 29.8 Å². The van der Waals surface area contributed by atoms with Crippen molar-refractivity contribution in [2.24, 2.45) is 0 Å². The fourth-order valence-corrected chi connectivity index (χ4v) is 2.94. The fraction of sp³-hybridized carbons (Fsp3) is 0.667. The summed E-state index contributed by atoms with van der Waals surface area (Å²) in [6.07, 6.45) is 5.56. The van der Waals surface area contributed by atoms with E-state index in [1.165, 1.54) is 50.9 Å². The third kappa shape index (κ3) is 5.68. The molecule has 0 bridgehead atoms. The van der Waals surface area contributed by atoms with Gasteiger partial charge in [0.05, 0.1) is 6.61 Å². The van der Waals surface area contributed by atoms with Crippen molar-refractivity contribution in [1.29, 1.82) is 0 Å². The van der Waals surface area contributed by atoms with E-state index in [2.05, 4.69) is 41.4 Å². The van der Waals surface area contributed by atoms with Crippen molar-refractivity contribution in [2.75, 3.05) is 32.8 Å². The molecule has 3 heteroatoms. The van der Waals surface area contributed by atoms with E-state index in [1.807, 2.05) is 6.92 Å². The quantitative estimate of drug-likeness (QED) is 0.830. The van der Waals surface area contributed by atoms with E-state index in [0.29, 0.717) is 6.04 Å². The normalized spacial score (nSPS) is 18.2. The first-order valence-electron chi connectivity index (χ1n) is 8.48. The topological polar surface area (TPSA) is 24.5 Å². The number of nitrogens with one attached hydrogen (secondary N) is 1. The van der Waals surface area contributed by atoms with Crippen LogP contribution >= 0.6 is 0 Å². The molecule has 1 fully saturated rings. The zero-order valence-corrected chi connectivity index (χ0v) is 13.6. The van der Waals surface area contributed by atoms with Gasteiger partial charge in [0.2, 0.25) is 0 Å². The van der Waals surface area contributed by atoms with Crippen molar-refractivity contribution in [2.45, 2.75) is 45.6 Å². The third-order valence-corrected chi connectivity index (χ3v) is 4.27. The largest absolute Gasteiger partial charge is 0.494 e. The van der Waals surface area contributed by atoms with Gasteiger partial charge in [-0.2, -0.15) is 0 Å². The Morgan fingerprint density at radius 2 is 1.76 bits per heavy atom. The molecule has 1 aromatic rings. The Bertz CT molecular complexity index is 383. The minimum absolute atomic E-state index is 0.396. The summed E-state index contributed by atoms with van der Waals surface area (Å²) in [5.41, 5.74) is 1.33. The molecule has 1 aliphatic heterocycles. The van der Waals surface area contributed by atoms with Crippen molar-refractivity contribution in [3.8, 4) is 5.75 Å². The Morgan fingerprint density at radius 1 is 1.10 bits per heavy atom. The molecule has 1 heterocycles. The van der Waals surface area contributed by atoms with Crippen LogP contribution in [0.25, 0.3) is 0 Å². The van der Waals surface area contributed by atoms with Crippen LogP contribution < -0.4 is 10.1 Å². The van der Waals surface area contributed by atoms with Crippen LogP contribution in [0.3, 0.4) is 0 Å². The van der Waals surface area contributed by atoms with Gasteiger partial charge in [-0.1, -0.05) is 25.0 Å². The molecule has 0 saturated carbocycles. The lowest BCUT2D eigenvalue weighted by Crippen LogP contribution is -2.33. The van der Waals surface area contributed by atoms with Crippen LogP contribution in [0.2, 0.25) is 0 Å². The van der Waals surface area contributed by atoms with Gasteiger partial charge in [0.15, 0.2) is 0 Å². The van der Waals surface area contributed by atoms with Crippen molar-refractivity contribution < 1.29 is 4.74 Å². The lowest BCUT2D eigenvalue weighted by Gasteiger charge is -2.22. The molecule has 3 nitrogen and oxygen atoms in total. The molecular weight excluding hydrogens is 260 g/mol. The number of benzene rings is 1. The average molecular weight is 290 g/mol. The summed E-state index contributed by atoms with van der Waals surface area (Å²) in [5.74, 6) is 0.956. The van der Waals surface area contributed by atoms with E-state index in [1.54, 1.807) is 0 Å². The first kappa shape index (κ1) is 16.3. The van der Waals surface area contributed by atoms with Gasteiger partial charge in [0.25, 0.3) is 0 Å². The minimum Gasteiger partial charge on any atom is -0.494 e. The molecule has 1 atom stereocenters. The van der Waals surface area contributed by atoms with E-state index in [4.69, 9.17) is 4.74 Å². The molecule has 21 heavy (non-hydrogen) atoms. The van der Waals surface area contributed by atoms with E-state index < -0.39 is 0 Å². The summed E-state index contributed by atoms with van der Waals surface area (Å²) in [4.78, 5) is 2.60. The lowest BCUT2D eigenvalue weighted by atomic mass is 10.1. The van der Waals surface area contributed by atoms with Gasteiger partial charge in [-0.3, -0.25) is 0 Å². The van der Waals surface area contributed by atoms with Crippen LogP contribution in [-0.2, 0) is 0 Å². The lowest BCUT2D eigenvalue weighted by molar-refractivity contribution is 0.280. The Morgan fingerprint density at radius 3 is 2.38 bits per heavy atom. The average Bonchev–Trinajstić information content (AvgIpc) is 2.77. The number of ether oxygens (including phenoxy) is 1. The van der Waals surface area contributed by atoms with Crippen LogP contribution in [0, 0.1) is 0 Å². The third-order valence-electron chi connectivity index (χ3n) is 4.27. The van der Waals surface area contributed by atoms with Crippen LogP contribution in [0.5, 0.6) is 5.75 Å². The SMILES string of the molecule is CCOc1ccc(C(C)NCCN2CCCCCC2)cc1. The molecule has 1 aromatic carbocycles. The molecule has 1 unspecified atom stereocenters. The van der Waals surface area contributed by atoms with Gasteiger partial charge >= 0.3 is 0 Å². The maximum absolute atomic E-state index is 5.49. The van der Waals surface area contributed by atoms with Gasteiger partial charge in [0, 0.05) is 19.1 Å². The van der Waals surface area contributed by atoms with E-state index in [-0.39, 0.29) is 0 Å². The number of likely N-dealkylation sites (tertiary alicyclic amines) is 1. The molecule has 0 aliphatic carbocycles. The van der Waals surface area contributed by atoms with Crippen LogP contribution in [0.4, 0.5) is 0 Å². The van der Waals surface area contributed by atoms with Gasteiger partial charge in [-0.25, -0.2) is 0 Å².